The van der Waals surface area contributed by atoms with E-state index in [9.17, 15) is 14.4 Å². The smallest absolute Gasteiger partial charge is 0.248 e. The maximum Gasteiger partial charge on any atom is 0.248 e. The third kappa shape index (κ3) is 4.22. The lowest BCUT2D eigenvalue weighted by Crippen LogP contribution is -2.07. The van der Waals surface area contributed by atoms with Crippen LogP contribution in [-0.4, -0.2) is 30.4 Å². The van der Waals surface area contributed by atoms with E-state index in [4.69, 9.17) is 0 Å². The molecule has 0 spiro atoms. The molecule has 0 atom stereocenters. The van der Waals surface area contributed by atoms with Crippen molar-refractivity contribution < 1.29 is 14.4 Å². The van der Waals surface area contributed by atoms with E-state index in [1.165, 1.54) is 18.2 Å². The first-order valence-corrected chi connectivity index (χ1v) is 10.1. The van der Waals surface area contributed by atoms with Gasteiger partial charge in [0.25, 0.3) is 0 Å². The lowest BCUT2D eigenvalue weighted by Gasteiger charge is -2.05. The summed E-state index contributed by atoms with van der Waals surface area (Å²) >= 11 is 0. The molecule has 0 aliphatic rings. The van der Waals surface area contributed by atoms with Gasteiger partial charge in [0.05, 0.1) is 11.8 Å². The molecule has 2 aromatic heterocycles. The highest BCUT2D eigenvalue weighted by Crippen LogP contribution is 2.26. The van der Waals surface area contributed by atoms with Crippen molar-refractivity contribution in [2.75, 3.05) is 5.32 Å². The second-order valence-electron chi connectivity index (χ2n) is 7.34. The molecule has 3 aromatic carbocycles. The van der Waals surface area contributed by atoms with Gasteiger partial charge >= 0.3 is 0 Å². The molecular formula is C25H18FN5O2. The second-order valence-corrected chi connectivity index (χ2v) is 7.34. The number of hydrogen-bond donors (Lipinski definition) is 2. The Morgan fingerprint density at radius 1 is 1.03 bits per heavy atom. The quantitative estimate of drug-likeness (QED) is 0.301. The number of halogens is 1. The van der Waals surface area contributed by atoms with Gasteiger partial charge < -0.3 is 15.1 Å². The zero-order valence-corrected chi connectivity index (χ0v) is 17.3. The topological polar surface area (TPSA) is 85.0 Å². The molecule has 0 saturated carbocycles. The van der Waals surface area contributed by atoms with Crippen LogP contribution >= 0.6 is 0 Å². The summed E-state index contributed by atoms with van der Waals surface area (Å²) in [7, 11) is 0. The summed E-state index contributed by atoms with van der Waals surface area (Å²) in [4.78, 5) is 20.7. The summed E-state index contributed by atoms with van der Waals surface area (Å²) in [6, 6.07) is 18.4. The zero-order chi connectivity index (χ0) is 22.8. The number of nitrogens with one attached hydrogen (secondary N) is 1. The Hall–Kier alpha value is -4.72. The number of imidazole rings is 2. The van der Waals surface area contributed by atoms with Crippen molar-refractivity contribution in [2.24, 2.45) is 0 Å². The number of amides is 1. The standard InChI is InChI=1S/C25H18FN5O2/c26-19-6-1-17(2-7-19)3-12-24(32)28-20-8-4-18(5-9-20)25-29-22-11-10-21(15-23(22)31(25)33)30-14-13-27-16-30/h1-16,33H,(H,28,32)/b12-3+. The van der Waals surface area contributed by atoms with E-state index in [1.54, 1.807) is 55.0 Å². The minimum Gasteiger partial charge on any atom is -0.426 e. The monoisotopic (exact) mass is 439 g/mol. The molecule has 0 bridgehead atoms. The molecule has 5 aromatic rings. The summed E-state index contributed by atoms with van der Waals surface area (Å²) in [5.74, 6) is -0.248. The predicted molar refractivity (Wildman–Crippen MR) is 124 cm³/mol. The molecule has 33 heavy (non-hydrogen) atoms. The normalized spacial score (nSPS) is 11.3. The van der Waals surface area contributed by atoms with Crippen molar-refractivity contribution in [1.29, 1.82) is 0 Å². The van der Waals surface area contributed by atoms with Gasteiger partial charge in [0.1, 0.15) is 11.3 Å². The molecule has 0 unspecified atom stereocenters. The first-order chi connectivity index (χ1) is 16.1. The molecule has 0 aliphatic carbocycles. The number of carbonyl (C=O) groups is 1. The lowest BCUT2D eigenvalue weighted by molar-refractivity contribution is -0.111. The van der Waals surface area contributed by atoms with Crippen molar-refractivity contribution in [2.45, 2.75) is 0 Å². The predicted octanol–water partition coefficient (Wildman–Crippen LogP) is 4.92. The van der Waals surface area contributed by atoms with Crippen LogP contribution in [0.5, 0.6) is 0 Å². The van der Waals surface area contributed by atoms with Gasteiger partial charge in [0.2, 0.25) is 5.91 Å². The third-order valence-corrected chi connectivity index (χ3v) is 5.12. The van der Waals surface area contributed by atoms with E-state index in [2.05, 4.69) is 15.3 Å². The number of benzene rings is 3. The molecule has 8 heteroatoms. The van der Waals surface area contributed by atoms with Gasteiger partial charge in [-0.2, -0.15) is 4.73 Å². The number of fused-ring (bicyclic) bond motifs is 1. The number of aromatic nitrogens is 4. The minimum atomic E-state index is -0.327. The van der Waals surface area contributed by atoms with E-state index in [0.717, 1.165) is 16.0 Å². The third-order valence-electron chi connectivity index (χ3n) is 5.12. The van der Waals surface area contributed by atoms with Gasteiger partial charge in [-0.15, -0.1) is 0 Å². The highest BCUT2D eigenvalue weighted by Gasteiger charge is 2.13. The number of nitrogens with zero attached hydrogens (tertiary/aromatic N) is 4. The Labute approximate surface area is 188 Å². The van der Waals surface area contributed by atoms with E-state index >= 15 is 0 Å². The summed E-state index contributed by atoms with van der Waals surface area (Å²) in [5.41, 5.74) is 4.08. The fourth-order valence-electron chi connectivity index (χ4n) is 3.44. The minimum absolute atomic E-state index is 0.312. The average Bonchev–Trinajstić information content (AvgIpc) is 3.48. The van der Waals surface area contributed by atoms with Crippen LogP contribution in [0.1, 0.15) is 5.56 Å². The molecule has 0 saturated heterocycles. The molecule has 0 aliphatic heterocycles. The van der Waals surface area contributed by atoms with Crippen LogP contribution in [0.15, 0.2) is 91.5 Å². The fraction of sp³-hybridized carbons (Fsp3) is 0. The molecule has 0 fully saturated rings. The molecule has 0 radical (unpaired) electrons. The van der Waals surface area contributed by atoms with Gasteiger partial charge in [0.15, 0.2) is 5.82 Å². The molecule has 2 heterocycles. The summed E-state index contributed by atoms with van der Waals surface area (Å²) in [5, 5.41) is 13.5. The van der Waals surface area contributed by atoms with Crippen molar-refractivity contribution >= 4 is 28.7 Å². The van der Waals surface area contributed by atoms with Crippen LogP contribution in [0, 0.1) is 5.82 Å². The number of hydrogen-bond acceptors (Lipinski definition) is 4. The highest BCUT2D eigenvalue weighted by molar-refractivity contribution is 6.02. The van der Waals surface area contributed by atoms with Crippen LogP contribution in [0.2, 0.25) is 0 Å². The molecule has 7 nitrogen and oxygen atoms in total. The Morgan fingerprint density at radius 2 is 1.82 bits per heavy atom. The maximum absolute atomic E-state index is 13.0. The van der Waals surface area contributed by atoms with E-state index in [1.807, 2.05) is 29.0 Å². The first kappa shape index (κ1) is 20.2. The number of rotatable bonds is 5. The Kier molecular flexibility index (Phi) is 5.16. The Balaban J connectivity index is 1.33. The average molecular weight is 439 g/mol. The van der Waals surface area contributed by atoms with Crippen molar-refractivity contribution in [1.82, 2.24) is 19.3 Å². The summed E-state index contributed by atoms with van der Waals surface area (Å²) < 4.78 is 15.9. The SMILES string of the molecule is O=C(/C=C/c1ccc(F)cc1)Nc1ccc(-c2nc3ccc(-n4ccnc4)cc3n2O)cc1. The highest BCUT2D eigenvalue weighted by atomic mass is 19.1. The molecular weight excluding hydrogens is 421 g/mol. The van der Waals surface area contributed by atoms with Gasteiger partial charge in [-0.25, -0.2) is 14.4 Å². The zero-order valence-electron chi connectivity index (χ0n) is 17.3. The van der Waals surface area contributed by atoms with E-state index in [0.29, 0.717) is 28.1 Å². The van der Waals surface area contributed by atoms with Crippen LogP contribution in [0.4, 0.5) is 10.1 Å². The van der Waals surface area contributed by atoms with E-state index in [-0.39, 0.29) is 11.7 Å². The number of carbonyl (C=O) groups excluding carboxylic acids is 1. The largest absolute Gasteiger partial charge is 0.426 e. The van der Waals surface area contributed by atoms with Gasteiger partial charge in [-0.05, 0) is 66.2 Å². The van der Waals surface area contributed by atoms with Crippen molar-refractivity contribution in [3.8, 4) is 17.1 Å². The van der Waals surface area contributed by atoms with Gasteiger partial charge in [0, 0.05) is 35.4 Å². The van der Waals surface area contributed by atoms with Gasteiger partial charge in [-0.1, -0.05) is 12.1 Å². The van der Waals surface area contributed by atoms with Crippen molar-refractivity contribution in [3.63, 3.8) is 0 Å². The number of anilines is 1. The molecule has 2 N–H and O–H groups in total. The second kappa shape index (κ2) is 8.43. The van der Waals surface area contributed by atoms with Crippen LogP contribution in [0.25, 0.3) is 34.2 Å². The maximum atomic E-state index is 13.0. The molecule has 5 rings (SSSR count). The summed E-state index contributed by atoms with van der Waals surface area (Å²) in [6.07, 6.45) is 8.18. The van der Waals surface area contributed by atoms with Crippen LogP contribution in [-0.2, 0) is 4.79 Å². The van der Waals surface area contributed by atoms with Crippen LogP contribution in [0.3, 0.4) is 0 Å². The lowest BCUT2D eigenvalue weighted by atomic mass is 10.2. The van der Waals surface area contributed by atoms with Crippen LogP contribution < -0.4 is 5.32 Å². The van der Waals surface area contributed by atoms with Crippen molar-refractivity contribution in [3.05, 3.63) is 103 Å². The Bertz CT molecular complexity index is 1450. The van der Waals surface area contributed by atoms with Gasteiger partial charge in [-0.3, -0.25) is 4.79 Å². The molecule has 162 valence electrons. The fourth-order valence-corrected chi connectivity index (χ4v) is 3.44. The van der Waals surface area contributed by atoms with E-state index < -0.39 is 0 Å². The first-order valence-electron chi connectivity index (χ1n) is 10.1. The molecule has 1 amide bonds. The summed E-state index contributed by atoms with van der Waals surface area (Å²) in [6.45, 7) is 0. The Morgan fingerprint density at radius 3 is 2.55 bits per heavy atom.